The van der Waals surface area contributed by atoms with Gasteiger partial charge in [0.25, 0.3) is 0 Å². The van der Waals surface area contributed by atoms with Crippen molar-refractivity contribution in [3.8, 4) is 0 Å². The number of aliphatic carboxylic acids is 1. The molecule has 32 heavy (non-hydrogen) atoms. The standard InChI is InChI=1S/C25H48N2O4.Na/c1-4-6-7-8-9-10-11-12-13-14-15-16-17-18-19-20-23(28)26-22-21-25(3,24(29)30)27-31-5-2;/h12-13,27H,4-11,14-22H2,1-3H3,(H,26,28)(H,29,30);/q;+1/p-1/b13-12-;. The Morgan fingerprint density at radius 1 is 0.875 bits per heavy atom. The third-order valence-electron chi connectivity index (χ3n) is 5.51. The van der Waals surface area contributed by atoms with Crippen LogP contribution in [0.5, 0.6) is 0 Å². The molecule has 0 fully saturated rings. The number of hydrogen-bond donors (Lipinski definition) is 2. The molecule has 0 aromatic heterocycles. The van der Waals surface area contributed by atoms with Gasteiger partial charge in [-0.05, 0) is 52.4 Å². The maximum Gasteiger partial charge on any atom is 1.00 e. The number of hydroxylamine groups is 1. The first kappa shape index (κ1) is 33.8. The molecule has 0 aliphatic carbocycles. The van der Waals surface area contributed by atoms with Crippen molar-refractivity contribution in [2.45, 2.75) is 123 Å². The quantitative estimate of drug-likeness (QED) is 0.110. The molecule has 0 rings (SSSR count). The predicted octanol–water partition coefficient (Wildman–Crippen LogP) is 1.58. The molecule has 0 saturated carbocycles. The minimum atomic E-state index is -1.31. The van der Waals surface area contributed by atoms with E-state index in [4.69, 9.17) is 4.84 Å². The van der Waals surface area contributed by atoms with E-state index < -0.39 is 11.5 Å². The number of carboxylic acid groups (broad SMARTS) is 1. The fraction of sp³-hybridized carbons (Fsp3) is 0.840. The summed E-state index contributed by atoms with van der Waals surface area (Å²) in [4.78, 5) is 28.2. The summed E-state index contributed by atoms with van der Waals surface area (Å²) in [6.07, 6.45) is 21.3. The van der Waals surface area contributed by atoms with Gasteiger partial charge in [0.05, 0.1) is 18.1 Å². The Labute approximate surface area is 219 Å². The third kappa shape index (κ3) is 20.2. The van der Waals surface area contributed by atoms with E-state index in [1.54, 1.807) is 6.92 Å². The van der Waals surface area contributed by atoms with Gasteiger partial charge in [-0.2, -0.15) is 5.48 Å². The Bertz CT molecular complexity index is 489. The first-order valence-corrected chi connectivity index (χ1v) is 12.5. The van der Waals surface area contributed by atoms with Crippen molar-refractivity contribution in [2.75, 3.05) is 13.2 Å². The maximum atomic E-state index is 11.9. The number of amides is 1. The molecule has 7 heteroatoms. The van der Waals surface area contributed by atoms with Crippen LogP contribution in [-0.4, -0.2) is 30.6 Å². The van der Waals surface area contributed by atoms with Crippen molar-refractivity contribution in [3.63, 3.8) is 0 Å². The molecular weight excluding hydrogens is 415 g/mol. The molecule has 0 aliphatic rings. The molecule has 2 N–H and O–H groups in total. The van der Waals surface area contributed by atoms with Gasteiger partial charge in [0, 0.05) is 13.0 Å². The molecule has 1 amide bonds. The fourth-order valence-electron chi connectivity index (χ4n) is 3.32. The van der Waals surface area contributed by atoms with Crippen LogP contribution in [-0.2, 0) is 14.4 Å². The molecule has 0 spiro atoms. The van der Waals surface area contributed by atoms with Gasteiger partial charge in [0.15, 0.2) is 0 Å². The number of carboxylic acids is 1. The van der Waals surface area contributed by atoms with Crippen LogP contribution < -0.4 is 45.5 Å². The van der Waals surface area contributed by atoms with Gasteiger partial charge in [0.2, 0.25) is 5.91 Å². The van der Waals surface area contributed by atoms with Crippen molar-refractivity contribution in [1.29, 1.82) is 0 Å². The summed E-state index contributed by atoms with van der Waals surface area (Å²) < 4.78 is 0. The molecule has 1 unspecified atom stereocenters. The van der Waals surface area contributed by atoms with Crippen molar-refractivity contribution < 1.29 is 49.1 Å². The monoisotopic (exact) mass is 462 g/mol. The number of nitrogens with one attached hydrogen (secondary N) is 2. The Hall–Kier alpha value is -0.400. The molecule has 6 nitrogen and oxygen atoms in total. The third-order valence-corrected chi connectivity index (χ3v) is 5.51. The maximum absolute atomic E-state index is 11.9. The van der Waals surface area contributed by atoms with Crippen LogP contribution in [0.1, 0.15) is 117 Å². The van der Waals surface area contributed by atoms with Gasteiger partial charge >= 0.3 is 29.6 Å². The van der Waals surface area contributed by atoms with Gasteiger partial charge in [0.1, 0.15) is 0 Å². The van der Waals surface area contributed by atoms with Crippen LogP contribution >= 0.6 is 0 Å². The molecule has 0 radical (unpaired) electrons. The van der Waals surface area contributed by atoms with Crippen molar-refractivity contribution in [1.82, 2.24) is 10.8 Å². The first-order valence-electron chi connectivity index (χ1n) is 12.5. The predicted molar refractivity (Wildman–Crippen MR) is 125 cm³/mol. The van der Waals surface area contributed by atoms with Crippen LogP contribution in [0, 0.1) is 0 Å². The second-order valence-corrected chi connectivity index (χ2v) is 8.59. The summed E-state index contributed by atoms with van der Waals surface area (Å²) in [5.41, 5.74) is 1.19. The van der Waals surface area contributed by atoms with Crippen LogP contribution in [0.2, 0.25) is 0 Å². The largest absolute Gasteiger partial charge is 1.00 e. The number of rotatable bonds is 22. The smallest absolute Gasteiger partial charge is 0.548 e. The first-order chi connectivity index (χ1) is 15.0. The summed E-state index contributed by atoms with van der Waals surface area (Å²) in [6, 6.07) is 0. The van der Waals surface area contributed by atoms with E-state index in [0.29, 0.717) is 13.0 Å². The summed E-state index contributed by atoms with van der Waals surface area (Å²) in [7, 11) is 0. The molecule has 0 aromatic carbocycles. The van der Waals surface area contributed by atoms with Crippen molar-refractivity contribution >= 4 is 11.9 Å². The molecule has 1 atom stereocenters. The average molecular weight is 463 g/mol. The summed E-state index contributed by atoms with van der Waals surface area (Å²) >= 11 is 0. The zero-order valence-corrected chi connectivity index (χ0v) is 23.3. The summed E-state index contributed by atoms with van der Waals surface area (Å²) in [5, 5.41) is 14.0. The van der Waals surface area contributed by atoms with E-state index in [2.05, 4.69) is 29.9 Å². The molecular formula is C25H47N2NaO4. The second-order valence-electron chi connectivity index (χ2n) is 8.59. The minimum Gasteiger partial charge on any atom is -0.548 e. The van der Waals surface area contributed by atoms with E-state index in [-0.39, 0.29) is 48.4 Å². The van der Waals surface area contributed by atoms with Crippen LogP contribution in [0.4, 0.5) is 0 Å². The molecule has 182 valence electrons. The van der Waals surface area contributed by atoms with E-state index in [1.807, 2.05) is 0 Å². The zero-order chi connectivity index (χ0) is 23.2. The van der Waals surface area contributed by atoms with E-state index in [9.17, 15) is 14.7 Å². The second kappa shape index (κ2) is 23.7. The molecule has 0 bridgehead atoms. The average Bonchev–Trinajstić information content (AvgIpc) is 2.74. The molecule has 0 saturated heterocycles. The molecule has 0 heterocycles. The fourth-order valence-corrected chi connectivity index (χ4v) is 3.32. The SMILES string of the molecule is CCCCCCCC/C=C\CCCCCCCC(=O)NCCC(C)(NOCC)C(=O)[O-].[Na+]. The molecule has 0 aromatic rings. The van der Waals surface area contributed by atoms with Crippen LogP contribution in [0.3, 0.4) is 0 Å². The Kier molecular flexibility index (Phi) is 25.1. The van der Waals surface area contributed by atoms with Gasteiger partial charge in [-0.1, -0.05) is 70.4 Å². The van der Waals surface area contributed by atoms with E-state index in [1.165, 1.54) is 64.7 Å². The number of allylic oxidation sites excluding steroid dienone is 2. The number of carbonyl (C=O) groups excluding carboxylic acids is 2. The van der Waals surface area contributed by atoms with Gasteiger partial charge in [-0.3, -0.25) is 4.79 Å². The summed E-state index contributed by atoms with van der Waals surface area (Å²) in [6.45, 7) is 6.13. The Morgan fingerprint density at radius 2 is 1.41 bits per heavy atom. The summed E-state index contributed by atoms with van der Waals surface area (Å²) in [5.74, 6) is -1.28. The van der Waals surface area contributed by atoms with Gasteiger partial charge in [-0.15, -0.1) is 0 Å². The topological polar surface area (TPSA) is 90.5 Å². The van der Waals surface area contributed by atoms with Crippen molar-refractivity contribution in [3.05, 3.63) is 12.2 Å². The van der Waals surface area contributed by atoms with Crippen LogP contribution in [0.25, 0.3) is 0 Å². The van der Waals surface area contributed by atoms with Crippen molar-refractivity contribution in [2.24, 2.45) is 0 Å². The normalized spacial score (nSPS) is 13.0. The van der Waals surface area contributed by atoms with E-state index >= 15 is 0 Å². The Balaban J connectivity index is 0. The van der Waals surface area contributed by atoms with E-state index in [0.717, 1.165) is 25.7 Å². The minimum absolute atomic E-state index is 0. The van der Waals surface area contributed by atoms with Gasteiger partial charge < -0.3 is 20.1 Å². The Morgan fingerprint density at radius 3 is 1.94 bits per heavy atom. The molecule has 0 aliphatic heterocycles. The number of carbonyl (C=O) groups is 2. The van der Waals surface area contributed by atoms with Crippen LogP contribution in [0.15, 0.2) is 12.2 Å². The number of unbranched alkanes of at least 4 members (excludes halogenated alkanes) is 11. The zero-order valence-electron chi connectivity index (χ0n) is 21.3. The van der Waals surface area contributed by atoms with Gasteiger partial charge in [-0.25, -0.2) is 0 Å². The number of hydrogen-bond acceptors (Lipinski definition) is 5.